The molecule has 1 fully saturated rings. The van der Waals surface area contributed by atoms with Gasteiger partial charge in [0.1, 0.15) is 4.21 Å². The van der Waals surface area contributed by atoms with E-state index in [1.165, 1.54) is 15.6 Å². The number of hydrogen-bond acceptors (Lipinski definition) is 5. The topological polar surface area (TPSA) is 69.7 Å². The standard InChI is InChI=1S/C15H25N3O3S2/c1-15(2,3)16-13(19)12-17-7-5-8-18(10-9-17)23(20,21)14-6-4-11-22-14/h4,6,11H,5,7-10,12H2,1-3H3,(H,16,19). The summed E-state index contributed by atoms with van der Waals surface area (Å²) in [6.45, 7) is 8.37. The van der Waals surface area contributed by atoms with Gasteiger partial charge >= 0.3 is 0 Å². The largest absolute Gasteiger partial charge is 0.350 e. The van der Waals surface area contributed by atoms with Gasteiger partial charge in [0.15, 0.2) is 0 Å². The summed E-state index contributed by atoms with van der Waals surface area (Å²) in [6, 6.07) is 3.39. The molecule has 0 unspecified atom stereocenters. The first-order valence-electron chi connectivity index (χ1n) is 7.75. The molecule has 6 nitrogen and oxygen atoms in total. The highest BCUT2D eigenvalue weighted by Crippen LogP contribution is 2.22. The van der Waals surface area contributed by atoms with Gasteiger partial charge in [0, 0.05) is 25.2 Å². The highest BCUT2D eigenvalue weighted by Gasteiger charge is 2.28. The molecule has 8 heteroatoms. The highest BCUT2D eigenvalue weighted by atomic mass is 32.2. The Hall–Kier alpha value is -0.960. The van der Waals surface area contributed by atoms with Gasteiger partial charge in [-0.15, -0.1) is 11.3 Å². The molecule has 1 aromatic rings. The normalized spacial score (nSPS) is 18.6. The van der Waals surface area contributed by atoms with Gasteiger partial charge in [-0.3, -0.25) is 9.69 Å². The van der Waals surface area contributed by atoms with E-state index < -0.39 is 10.0 Å². The first kappa shape index (κ1) is 18.4. The van der Waals surface area contributed by atoms with Crippen LogP contribution in [0, 0.1) is 0 Å². The van der Waals surface area contributed by atoms with Gasteiger partial charge in [-0.05, 0) is 45.2 Å². The number of sulfonamides is 1. The van der Waals surface area contributed by atoms with Gasteiger partial charge in [-0.2, -0.15) is 4.31 Å². The molecule has 23 heavy (non-hydrogen) atoms. The minimum Gasteiger partial charge on any atom is -0.350 e. The van der Waals surface area contributed by atoms with Crippen molar-refractivity contribution < 1.29 is 13.2 Å². The third-order valence-electron chi connectivity index (χ3n) is 3.52. The number of carbonyl (C=O) groups excluding carboxylic acids is 1. The first-order chi connectivity index (χ1) is 10.7. The fraction of sp³-hybridized carbons (Fsp3) is 0.667. The average molecular weight is 360 g/mol. The Morgan fingerprint density at radius 2 is 2.00 bits per heavy atom. The maximum Gasteiger partial charge on any atom is 0.252 e. The SMILES string of the molecule is CC(C)(C)NC(=O)CN1CCCN(S(=O)(=O)c2cccs2)CC1. The zero-order chi connectivity index (χ0) is 17.1. The lowest BCUT2D eigenvalue weighted by atomic mass is 10.1. The monoisotopic (exact) mass is 359 g/mol. The lowest BCUT2D eigenvalue weighted by Crippen LogP contribution is -2.46. The van der Waals surface area contributed by atoms with Gasteiger partial charge in [-0.1, -0.05) is 6.07 Å². The number of hydrogen-bond donors (Lipinski definition) is 1. The second-order valence-electron chi connectivity index (χ2n) is 6.76. The van der Waals surface area contributed by atoms with Gasteiger partial charge < -0.3 is 5.32 Å². The summed E-state index contributed by atoms with van der Waals surface area (Å²) < 4.78 is 27.0. The van der Waals surface area contributed by atoms with E-state index in [2.05, 4.69) is 5.32 Å². The smallest absolute Gasteiger partial charge is 0.252 e. The number of nitrogens with one attached hydrogen (secondary N) is 1. The second kappa shape index (κ2) is 7.29. The third kappa shape index (κ3) is 5.27. The Bertz CT molecular complexity index is 621. The van der Waals surface area contributed by atoms with Crippen LogP contribution in [0.1, 0.15) is 27.2 Å². The van der Waals surface area contributed by atoms with E-state index in [-0.39, 0.29) is 11.4 Å². The number of carbonyl (C=O) groups is 1. The van der Waals surface area contributed by atoms with Crippen LogP contribution in [0.2, 0.25) is 0 Å². The molecule has 2 rings (SSSR count). The summed E-state index contributed by atoms with van der Waals surface area (Å²) in [4.78, 5) is 14.0. The second-order valence-corrected chi connectivity index (χ2v) is 9.88. The van der Waals surface area contributed by atoms with Crippen LogP contribution in [-0.2, 0) is 14.8 Å². The molecule has 130 valence electrons. The van der Waals surface area contributed by atoms with Crippen molar-refractivity contribution in [2.75, 3.05) is 32.7 Å². The summed E-state index contributed by atoms with van der Waals surface area (Å²) in [5, 5.41) is 4.71. The predicted molar refractivity (Wildman–Crippen MR) is 92.0 cm³/mol. The Labute approximate surface area is 142 Å². The molecule has 1 saturated heterocycles. The molecule has 0 atom stereocenters. The van der Waals surface area contributed by atoms with E-state index in [1.54, 1.807) is 17.5 Å². The van der Waals surface area contributed by atoms with Crippen molar-refractivity contribution in [1.82, 2.24) is 14.5 Å². The zero-order valence-corrected chi connectivity index (χ0v) is 15.5. The molecule has 1 aromatic heterocycles. The lowest BCUT2D eigenvalue weighted by molar-refractivity contribution is -0.123. The molecule has 1 aliphatic rings. The average Bonchev–Trinajstić information content (AvgIpc) is 2.85. The molecule has 0 aliphatic carbocycles. The van der Waals surface area contributed by atoms with Gasteiger partial charge in [0.25, 0.3) is 10.0 Å². The Balaban J connectivity index is 1.94. The third-order valence-corrected chi connectivity index (χ3v) is 6.79. The molecule has 0 bridgehead atoms. The predicted octanol–water partition coefficient (Wildman–Crippen LogP) is 1.36. The van der Waals surface area contributed by atoms with Crippen molar-refractivity contribution >= 4 is 27.3 Å². The quantitative estimate of drug-likeness (QED) is 0.881. The van der Waals surface area contributed by atoms with Crippen molar-refractivity contribution in [3.8, 4) is 0 Å². The van der Waals surface area contributed by atoms with E-state index in [1.807, 2.05) is 25.7 Å². The number of thiophene rings is 1. The van der Waals surface area contributed by atoms with Gasteiger partial charge in [-0.25, -0.2) is 8.42 Å². The molecule has 0 spiro atoms. The summed E-state index contributed by atoms with van der Waals surface area (Å²) in [6.07, 6.45) is 0.730. The van der Waals surface area contributed by atoms with E-state index in [9.17, 15) is 13.2 Å². The maximum atomic E-state index is 12.6. The molecule has 1 amide bonds. The van der Waals surface area contributed by atoms with Crippen LogP contribution < -0.4 is 5.32 Å². The van der Waals surface area contributed by atoms with Crippen molar-refractivity contribution in [2.45, 2.75) is 36.9 Å². The number of nitrogens with zero attached hydrogens (tertiary/aromatic N) is 2. The fourth-order valence-electron chi connectivity index (χ4n) is 2.54. The van der Waals surface area contributed by atoms with Crippen molar-refractivity contribution in [2.24, 2.45) is 0 Å². The van der Waals surface area contributed by atoms with Crippen LogP contribution in [-0.4, -0.2) is 61.8 Å². The summed E-state index contributed by atoms with van der Waals surface area (Å²) in [5.41, 5.74) is -0.253. The molecule has 0 radical (unpaired) electrons. The Morgan fingerprint density at radius 3 is 2.61 bits per heavy atom. The minimum atomic E-state index is -3.40. The molecular formula is C15H25N3O3S2. The van der Waals surface area contributed by atoms with Crippen molar-refractivity contribution in [3.63, 3.8) is 0 Å². The zero-order valence-electron chi connectivity index (χ0n) is 13.9. The maximum absolute atomic E-state index is 12.6. The van der Waals surface area contributed by atoms with Crippen LogP contribution in [0.4, 0.5) is 0 Å². The lowest BCUT2D eigenvalue weighted by Gasteiger charge is -2.24. The molecule has 1 N–H and O–H groups in total. The van der Waals surface area contributed by atoms with E-state index in [4.69, 9.17) is 0 Å². The van der Waals surface area contributed by atoms with Crippen molar-refractivity contribution in [1.29, 1.82) is 0 Å². The van der Waals surface area contributed by atoms with E-state index in [0.717, 1.165) is 13.0 Å². The Morgan fingerprint density at radius 1 is 1.26 bits per heavy atom. The molecule has 0 saturated carbocycles. The van der Waals surface area contributed by atoms with Crippen LogP contribution >= 0.6 is 11.3 Å². The van der Waals surface area contributed by atoms with Gasteiger partial charge in [0.2, 0.25) is 5.91 Å². The summed E-state index contributed by atoms with van der Waals surface area (Å²) in [7, 11) is -3.40. The first-order valence-corrected chi connectivity index (χ1v) is 10.1. The summed E-state index contributed by atoms with van der Waals surface area (Å²) >= 11 is 1.24. The van der Waals surface area contributed by atoms with Crippen molar-refractivity contribution in [3.05, 3.63) is 17.5 Å². The molecule has 1 aliphatic heterocycles. The van der Waals surface area contributed by atoms with E-state index >= 15 is 0 Å². The Kier molecular flexibility index (Phi) is 5.83. The molecule has 0 aromatic carbocycles. The number of rotatable bonds is 4. The van der Waals surface area contributed by atoms with Crippen LogP contribution in [0.5, 0.6) is 0 Å². The van der Waals surface area contributed by atoms with Gasteiger partial charge in [0.05, 0.1) is 6.54 Å². The summed E-state index contributed by atoms with van der Waals surface area (Å²) in [5.74, 6) is -0.0212. The van der Waals surface area contributed by atoms with E-state index in [0.29, 0.717) is 30.4 Å². The van der Waals surface area contributed by atoms with Crippen LogP contribution in [0.3, 0.4) is 0 Å². The fourth-order valence-corrected chi connectivity index (χ4v) is 5.16. The minimum absolute atomic E-state index is 0.0212. The van der Waals surface area contributed by atoms with Crippen LogP contribution in [0.15, 0.2) is 21.7 Å². The molecular weight excluding hydrogens is 334 g/mol. The molecule has 2 heterocycles. The van der Waals surface area contributed by atoms with Crippen LogP contribution in [0.25, 0.3) is 0 Å². The highest BCUT2D eigenvalue weighted by molar-refractivity contribution is 7.91. The number of amides is 1.